The molecule has 0 saturated carbocycles. The van der Waals surface area contributed by atoms with Crippen LogP contribution >= 0.6 is 0 Å². The summed E-state index contributed by atoms with van der Waals surface area (Å²) in [6.07, 6.45) is 1.38. The molecular formula is C10H19NO4S. The van der Waals surface area contributed by atoms with Gasteiger partial charge in [-0.1, -0.05) is 0 Å². The third kappa shape index (κ3) is 2.40. The van der Waals surface area contributed by atoms with Gasteiger partial charge in [0.1, 0.15) is 0 Å². The fourth-order valence-corrected chi connectivity index (χ4v) is 3.71. The van der Waals surface area contributed by atoms with Crippen LogP contribution < -0.4 is 5.14 Å². The van der Waals surface area contributed by atoms with Crippen LogP contribution in [0.5, 0.6) is 0 Å². The molecule has 6 heteroatoms. The van der Waals surface area contributed by atoms with Gasteiger partial charge in [0.05, 0.1) is 24.1 Å². The van der Waals surface area contributed by atoms with Crippen molar-refractivity contribution >= 4 is 10.0 Å². The van der Waals surface area contributed by atoms with Crippen molar-refractivity contribution in [3.63, 3.8) is 0 Å². The lowest BCUT2D eigenvalue weighted by Crippen LogP contribution is -2.39. The molecular weight excluding hydrogens is 230 g/mol. The minimum absolute atomic E-state index is 0.105. The first-order chi connectivity index (χ1) is 7.23. The Kier molecular flexibility index (Phi) is 2.81. The Morgan fingerprint density at radius 3 is 2.62 bits per heavy atom. The highest BCUT2D eigenvalue weighted by atomic mass is 32.2. The molecule has 1 spiro atoms. The summed E-state index contributed by atoms with van der Waals surface area (Å²) in [4.78, 5) is 0. The van der Waals surface area contributed by atoms with Crippen molar-refractivity contribution in [3.05, 3.63) is 0 Å². The maximum Gasteiger partial charge on any atom is 0.211 e. The molecule has 0 aromatic heterocycles. The first kappa shape index (κ1) is 12.3. The highest BCUT2D eigenvalue weighted by Gasteiger charge is 2.53. The molecule has 0 radical (unpaired) electrons. The van der Waals surface area contributed by atoms with Crippen LogP contribution in [0.3, 0.4) is 0 Å². The van der Waals surface area contributed by atoms with E-state index in [1.807, 2.05) is 13.8 Å². The van der Waals surface area contributed by atoms with Crippen molar-refractivity contribution in [2.75, 3.05) is 19.0 Å². The molecule has 2 rings (SSSR count). The van der Waals surface area contributed by atoms with Crippen molar-refractivity contribution in [2.24, 2.45) is 10.6 Å². The predicted octanol–water partition coefficient (Wildman–Crippen LogP) is 0.249. The third-order valence-corrected chi connectivity index (χ3v) is 4.28. The average molecular weight is 249 g/mol. The Morgan fingerprint density at radius 2 is 2.12 bits per heavy atom. The molecule has 2 saturated heterocycles. The Labute approximate surface area is 96.3 Å². The highest BCUT2D eigenvalue weighted by Crippen LogP contribution is 2.48. The summed E-state index contributed by atoms with van der Waals surface area (Å²) in [6.45, 7) is 5.21. The summed E-state index contributed by atoms with van der Waals surface area (Å²) in [7, 11) is -3.49. The second kappa shape index (κ2) is 3.66. The number of hydrogen-bond acceptors (Lipinski definition) is 4. The van der Waals surface area contributed by atoms with E-state index in [-0.39, 0.29) is 22.9 Å². The number of nitrogens with two attached hydrogens (primary N) is 1. The molecule has 2 N–H and O–H groups in total. The highest BCUT2D eigenvalue weighted by molar-refractivity contribution is 7.89. The monoisotopic (exact) mass is 249 g/mol. The van der Waals surface area contributed by atoms with Crippen LogP contribution in [0.4, 0.5) is 0 Å². The van der Waals surface area contributed by atoms with E-state index < -0.39 is 10.0 Å². The van der Waals surface area contributed by atoms with Gasteiger partial charge in [-0.3, -0.25) is 0 Å². The lowest BCUT2D eigenvalue weighted by Gasteiger charge is -2.28. The second-order valence-corrected chi connectivity index (χ2v) is 7.19. The van der Waals surface area contributed by atoms with Gasteiger partial charge >= 0.3 is 0 Å². The number of sulfonamides is 1. The Morgan fingerprint density at radius 1 is 1.44 bits per heavy atom. The van der Waals surface area contributed by atoms with Crippen molar-refractivity contribution in [1.29, 1.82) is 0 Å². The van der Waals surface area contributed by atoms with Gasteiger partial charge in [-0.25, -0.2) is 13.6 Å². The van der Waals surface area contributed by atoms with Crippen LogP contribution in [0, 0.1) is 5.41 Å². The summed E-state index contributed by atoms with van der Waals surface area (Å²) in [5.41, 5.74) is -0.347. The van der Waals surface area contributed by atoms with Crippen LogP contribution in [0.15, 0.2) is 0 Å². The first-order valence-electron chi connectivity index (χ1n) is 5.49. The molecule has 94 valence electrons. The maximum absolute atomic E-state index is 11.1. The molecule has 2 unspecified atom stereocenters. The third-order valence-electron chi connectivity index (χ3n) is 3.51. The van der Waals surface area contributed by atoms with E-state index >= 15 is 0 Å². The molecule has 2 heterocycles. The normalized spacial score (nSPS) is 38.3. The Hall–Kier alpha value is -0.170. The lowest BCUT2D eigenvalue weighted by atomic mass is 9.77. The maximum atomic E-state index is 11.1. The van der Waals surface area contributed by atoms with Gasteiger partial charge in [0.2, 0.25) is 10.0 Å². The molecule has 16 heavy (non-hydrogen) atoms. The Balaban J connectivity index is 2.15. The zero-order chi connectivity index (χ0) is 12.0. The van der Waals surface area contributed by atoms with Gasteiger partial charge in [0, 0.05) is 12.0 Å². The fraction of sp³-hybridized carbons (Fsp3) is 1.00. The molecule has 0 amide bonds. The van der Waals surface area contributed by atoms with Crippen molar-refractivity contribution in [2.45, 2.75) is 38.4 Å². The summed E-state index contributed by atoms with van der Waals surface area (Å²) in [6, 6.07) is 0. The fourth-order valence-electron chi connectivity index (χ4n) is 2.83. The summed E-state index contributed by atoms with van der Waals surface area (Å²) in [5, 5.41) is 5.09. The van der Waals surface area contributed by atoms with Crippen LogP contribution in [0.1, 0.15) is 26.7 Å². The molecule has 2 fully saturated rings. The minimum atomic E-state index is -3.49. The van der Waals surface area contributed by atoms with Crippen LogP contribution in [-0.4, -0.2) is 39.1 Å². The zero-order valence-corrected chi connectivity index (χ0v) is 10.5. The van der Waals surface area contributed by atoms with E-state index in [9.17, 15) is 8.42 Å². The van der Waals surface area contributed by atoms with Crippen molar-refractivity contribution < 1.29 is 17.9 Å². The summed E-state index contributed by atoms with van der Waals surface area (Å²) < 4.78 is 33.5. The number of primary sulfonamides is 1. The second-order valence-electron chi connectivity index (χ2n) is 5.53. The van der Waals surface area contributed by atoms with E-state index in [4.69, 9.17) is 14.6 Å². The Bertz CT molecular complexity index is 378. The summed E-state index contributed by atoms with van der Waals surface area (Å²) in [5.74, 6) is -0.105. The van der Waals surface area contributed by atoms with Crippen LogP contribution in [0.2, 0.25) is 0 Å². The van der Waals surface area contributed by atoms with E-state index in [1.54, 1.807) is 0 Å². The van der Waals surface area contributed by atoms with Crippen LogP contribution in [0.25, 0.3) is 0 Å². The van der Waals surface area contributed by atoms with Crippen LogP contribution in [-0.2, 0) is 19.5 Å². The zero-order valence-electron chi connectivity index (χ0n) is 9.73. The molecule has 2 aliphatic rings. The average Bonchev–Trinajstić information content (AvgIpc) is 2.56. The summed E-state index contributed by atoms with van der Waals surface area (Å²) >= 11 is 0. The number of hydrogen-bond donors (Lipinski definition) is 1. The van der Waals surface area contributed by atoms with Gasteiger partial charge in [-0.2, -0.15) is 0 Å². The minimum Gasteiger partial charge on any atom is -0.376 e. The molecule has 0 aromatic rings. The van der Waals surface area contributed by atoms with E-state index in [0.29, 0.717) is 13.2 Å². The molecule has 5 nitrogen and oxygen atoms in total. The largest absolute Gasteiger partial charge is 0.376 e. The quantitative estimate of drug-likeness (QED) is 0.761. The smallest absolute Gasteiger partial charge is 0.211 e. The van der Waals surface area contributed by atoms with Crippen molar-refractivity contribution in [3.8, 4) is 0 Å². The first-order valence-corrected chi connectivity index (χ1v) is 7.20. The standard InChI is InChI=1S/C10H19NO4S/c1-9(2)6-10(7-15-9)3-4-14-8(10)5-16(11,12)13/h8H,3-7H2,1-2H3,(H2,11,12,13). The molecule has 2 aliphatic heterocycles. The van der Waals surface area contributed by atoms with E-state index in [1.165, 1.54) is 0 Å². The topological polar surface area (TPSA) is 78.6 Å². The van der Waals surface area contributed by atoms with Gasteiger partial charge in [0.25, 0.3) is 0 Å². The predicted molar refractivity (Wildman–Crippen MR) is 59.4 cm³/mol. The van der Waals surface area contributed by atoms with Gasteiger partial charge in [0.15, 0.2) is 0 Å². The molecule has 0 bridgehead atoms. The lowest BCUT2D eigenvalue weighted by molar-refractivity contribution is 0.0223. The van der Waals surface area contributed by atoms with Gasteiger partial charge < -0.3 is 9.47 Å². The molecule has 2 atom stereocenters. The van der Waals surface area contributed by atoms with E-state index in [2.05, 4.69) is 0 Å². The van der Waals surface area contributed by atoms with Gasteiger partial charge in [-0.05, 0) is 26.7 Å². The molecule has 0 aliphatic carbocycles. The van der Waals surface area contributed by atoms with E-state index in [0.717, 1.165) is 12.8 Å². The van der Waals surface area contributed by atoms with Gasteiger partial charge in [-0.15, -0.1) is 0 Å². The molecule has 0 aromatic carbocycles. The number of ether oxygens (including phenoxy) is 2. The number of rotatable bonds is 2. The van der Waals surface area contributed by atoms with Crippen molar-refractivity contribution in [1.82, 2.24) is 0 Å². The SMILES string of the molecule is CC1(C)CC2(CCOC2CS(N)(=O)=O)CO1.